The Morgan fingerprint density at radius 3 is 3.00 bits per heavy atom. The van der Waals surface area contributed by atoms with Gasteiger partial charge >= 0.3 is 0 Å². The van der Waals surface area contributed by atoms with E-state index in [0.29, 0.717) is 0 Å². The summed E-state index contributed by atoms with van der Waals surface area (Å²) in [5.41, 5.74) is 1.37. The minimum absolute atomic E-state index is 0.885. The summed E-state index contributed by atoms with van der Waals surface area (Å²) >= 11 is 1.77. The molecule has 0 spiro atoms. The molecule has 0 saturated carbocycles. The van der Waals surface area contributed by atoms with Gasteiger partial charge in [0.25, 0.3) is 0 Å². The SMILES string of the molecule is CN=C1CNCc2ccccc2S1. The summed E-state index contributed by atoms with van der Waals surface area (Å²) in [6.45, 7) is 1.83. The molecule has 68 valence electrons. The van der Waals surface area contributed by atoms with Gasteiger partial charge in [0.15, 0.2) is 0 Å². The zero-order valence-electron chi connectivity index (χ0n) is 7.58. The molecule has 0 radical (unpaired) electrons. The van der Waals surface area contributed by atoms with E-state index in [2.05, 4.69) is 34.6 Å². The zero-order valence-corrected chi connectivity index (χ0v) is 8.40. The Labute approximate surface area is 82.5 Å². The largest absolute Gasteiger partial charge is 0.307 e. The van der Waals surface area contributed by atoms with Gasteiger partial charge in [-0.05, 0) is 11.6 Å². The van der Waals surface area contributed by atoms with Gasteiger partial charge in [0.05, 0.1) is 5.04 Å². The van der Waals surface area contributed by atoms with Gasteiger partial charge in [-0.25, -0.2) is 0 Å². The molecule has 0 unspecified atom stereocenters. The molecule has 13 heavy (non-hydrogen) atoms. The van der Waals surface area contributed by atoms with E-state index in [1.807, 2.05) is 7.05 Å². The molecule has 0 fully saturated rings. The number of nitrogens with one attached hydrogen (secondary N) is 1. The molecule has 0 aliphatic carbocycles. The minimum atomic E-state index is 0.885. The summed E-state index contributed by atoms with van der Waals surface area (Å²) in [6, 6.07) is 8.46. The van der Waals surface area contributed by atoms with Crippen molar-refractivity contribution in [2.75, 3.05) is 13.6 Å². The standard InChI is InChI=1S/C10H12N2S/c1-11-10-7-12-6-8-4-2-3-5-9(8)13-10/h2-5,12H,6-7H2,1H3. The summed E-state index contributed by atoms with van der Waals surface area (Å²) in [6.07, 6.45) is 0. The molecule has 0 atom stereocenters. The Morgan fingerprint density at radius 1 is 1.31 bits per heavy atom. The van der Waals surface area contributed by atoms with Gasteiger partial charge < -0.3 is 5.32 Å². The van der Waals surface area contributed by atoms with E-state index in [1.54, 1.807) is 11.8 Å². The molecule has 2 rings (SSSR count). The van der Waals surface area contributed by atoms with Crippen molar-refractivity contribution in [1.29, 1.82) is 0 Å². The third-order valence-corrected chi connectivity index (χ3v) is 3.22. The molecule has 0 amide bonds. The van der Waals surface area contributed by atoms with E-state index in [-0.39, 0.29) is 0 Å². The van der Waals surface area contributed by atoms with Gasteiger partial charge in [0.2, 0.25) is 0 Å². The van der Waals surface area contributed by atoms with E-state index in [9.17, 15) is 0 Å². The molecule has 1 aromatic carbocycles. The van der Waals surface area contributed by atoms with Gasteiger partial charge in [-0.15, -0.1) is 0 Å². The number of aliphatic imine (C=N–C) groups is 1. The Kier molecular flexibility index (Phi) is 2.66. The molecule has 0 aromatic heterocycles. The fourth-order valence-corrected chi connectivity index (χ4v) is 2.28. The Morgan fingerprint density at radius 2 is 2.15 bits per heavy atom. The van der Waals surface area contributed by atoms with Gasteiger partial charge in [-0.2, -0.15) is 0 Å². The molecular formula is C10H12N2S. The minimum Gasteiger partial charge on any atom is -0.307 e. The first kappa shape index (κ1) is 8.78. The molecule has 1 aromatic rings. The normalized spacial score (nSPS) is 19.6. The average molecular weight is 192 g/mol. The third kappa shape index (κ3) is 1.92. The van der Waals surface area contributed by atoms with Crippen LogP contribution in [0.1, 0.15) is 5.56 Å². The fraction of sp³-hybridized carbons (Fsp3) is 0.300. The second kappa shape index (κ2) is 3.94. The summed E-state index contributed by atoms with van der Waals surface area (Å²) in [7, 11) is 1.85. The maximum absolute atomic E-state index is 4.22. The van der Waals surface area contributed by atoms with Crippen LogP contribution in [0.2, 0.25) is 0 Å². The highest BCUT2D eigenvalue weighted by atomic mass is 32.2. The van der Waals surface area contributed by atoms with Gasteiger partial charge in [-0.3, -0.25) is 4.99 Å². The van der Waals surface area contributed by atoms with Gasteiger partial charge in [0, 0.05) is 25.0 Å². The number of hydrogen-bond acceptors (Lipinski definition) is 3. The molecule has 1 heterocycles. The first-order chi connectivity index (χ1) is 6.40. The second-order valence-electron chi connectivity index (χ2n) is 2.93. The summed E-state index contributed by atoms with van der Waals surface area (Å²) in [5.74, 6) is 0. The zero-order chi connectivity index (χ0) is 9.10. The van der Waals surface area contributed by atoms with E-state index < -0.39 is 0 Å². The number of nitrogens with zero attached hydrogens (tertiary/aromatic N) is 1. The van der Waals surface area contributed by atoms with Crippen LogP contribution in [0.15, 0.2) is 34.2 Å². The lowest BCUT2D eigenvalue weighted by atomic mass is 10.2. The van der Waals surface area contributed by atoms with Crippen molar-refractivity contribution in [3.63, 3.8) is 0 Å². The number of rotatable bonds is 0. The van der Waals surface area contributed by atoms with Crippen LogP contribution in [0.25, 0.3) is 0 Å². The van der Waals surface area contributed by atoms with Crippen molar-refractivity contribution in [2.45, 2.75) is 11.4 Å². The van der Waals surface area contributed by atoms with Crippen LogP contribution in [0, 0.1) is 0 Å². The monoisotopic (exact) mass is 192 g/mol. The van der Waals surface area contributed by atoms with Crippen LogP contribution in [0.4, 0.5) is 0 Å². The van der Waals surface area contributed by atoms with E-state index in [1.165, 1.54) is 10.5 Å². The number of thioether (sulfide) groups is 1. The summed E-state index contributed by atoms with van der Waals surface area (Å²) in [5, 5.41) is 4.51. The predicted molar refractivity (Wildman–Crippen MR) is 57.4 cm³/mol. The lowest BCUT2D eigenvalue weighted by Gasteiger charge is -2.02. The molecule has 3 heteroatoms. The van der Waals surface area contributed by atoms with Crippen LogP contribution in [0.5, 0.6) is 0 Å². The van der Waals surface area contributed by atoms with Gasteiger partial charge in [0.1, 0.15) is 0 Å². The van der Waals surface area contributed by atoms with Crippen LogP contribution in [0.3, 0.4) is 0 Å². The molecule has 0 bridgehead atoms. The Balaban J connectivity index is 2.34. The van der Waals surface area contributed by atoms with Crippen LogP contribution in [-0.4, -0.2) is 18.6 Å². The molecule has 1 aliphatic heterocycles. The summed E-state index contributed by atoms with van der Waals surface area (Å²) in [4.78, 5) is 5.55. The van der Waals surface area contributed by atoms with E-state index >= 15 is 0 Å². The van der Waals surface area contributed by atoms with Crippen molar-refractivity contribution in [1.82, 2.24) is 5.32 Å². The highest BCUT2D eigenvalue weighted by Gasteiger charge is 2.10. The molecule has 0 saturated heterocycles. The lowest BCUT2D eigenvalue weighted by molar-refractivity contribution is 0.772. The topological polar surface area (TPSA) is 24.4 Å². The number of hydrogen-bond donors (Lipinski definition) is 1. The predicted octanol–water partition coefficient (Wildman–Crippen LogP) is 1.91. The third-order valence-electron chi connectivity index (χ3n) is 2.04. The Bertz CT molecular complexity index is 333. The van der Waals surface area contributed by atoms with Gasteiger partial charge in [-0.1, -0.05) is 30.0 Å². The number of fused-ring (bicyclic) bond motifs is 1. The summed E-state index contributed by atoms with van der Waals surface area (Å²) < 4.78 is 0. The lowest BCUT2D eigenvalue weighted by Crippen LogP contribution is -2.17. The van der Waals surface area contributed by atoms with Crippen molar-refractivity contribution >= 4 is 16.8 Å². The highest BCUT2D eigenvalue weighted by molar-refractivity contribution is 8.14. The highest BCUT2D eigenvalue weighted by Crippen LogP contribution is 2.25. The van der Waals surface area contributed by atoms with Crippen LogP contribution < -0.4 is 5.32 Å². The van der Waals surface area contributed by atoms with Crippen molar-refractivity contribution in [3.05, 3.63) is 29.8 Å². The molecule has 1 aliphatic rings. The fourth-order valence-electron chi connectivity index (χ4n) is 1.34. The maximum Gasteiger partial charge on any atom is 0.0858 e. The van der Waals surface area contributed by atoms with E-state index in [4.69, 9.17) is 0 Å². The first-order valence-corrected chi connectivity index (χ1v) is 5.14. The van der Waals surface area contributed by atoms with Crippen molar-refractivity contribution in [2.24, 2.45) is 4.99 Å². The Hall–Kier alpha value is -0.800. The number of benzene rings is 1. The smallest absolute Gasteiger partial charge is 0.0858 e. The van der Waals surface area contributed by atoms with Crippen LogP contribution >= 0.6 is 11.8 Å². The molecule has 2 nitrogen and oxygen atoms in total. The maximum atomic E-state index is 4.22. The van der Waals surface area contributed by atoms with Crippen molar-refractivity contribution in [3.8, 4) is 0 Å². The van der Waals surface area contributed by atoms with Crippen LogP contribution in [-0.2, 0) is 6.54 Å². The molecular weight excluding hydrogens is 180 g/mol. The second-order valence-corrected chi connectivity index (χ2v) is 4.05. The average Bonchev–Trinajstić information content (AvgIpc) is 2.38. The van der Waals surface area contributed by atoms with E-state index in [0.717, 1.165) is 18.1 Å². The van der Waals surface area contributed by atoms with Crippen molar-refractivity contribution < 1.29 is 0 Å². The first-order valence-electron chi connectivity index (χ1n) is 4.32. The molecule has 1 N–H and O–H groups in total. The quantitative estimate of drug-likeness (QED) is 0.679.